The molecule has 1 aromatic rings. The monoisotopic (exact) mass is 278 g/mol. The summed E-state index contributed by atoms with van der Waals surface area (Å²) >= 11 is 0. The van der Waals surface area contributed by atoms with E-state index in [1.807, 2.05) is 19.9 Å². The standard InChI is InChI=1S/C16H26N2O2/c1-4-13(18-16(2,3)11-19)9-12-5-6-15-14(10-12)17-7-8-20-15/h5-6,10,13,17-19H,4,7-9,11H2,1-3H3. The molecule has 0 saturated carbocycles. The maximum Gasteiger partial charge on any atom is 0.142 e. The predicted octanol–water partition coefficient (Wildman–Crippen LogP) is 2.17. The van der Waals surface area contributed by atoms with Gasteiger partial charge in [0.1, 0.15) is 12.4 Å². The van der Waals surface area contributed by atoms with Crippen LogP contribution in [0.2, 0.25) is 0 Å². The molecule has 4 nitrogen and oxygen atoms in total. The van der Waals surface area contributed by atoms with Crippen LogP contribution in [0.5, 0.6) is 5.75 Å². The number of rotatable bonds is 6. The first-order chi connectivity index (χ1) is 9.54. The van der Waals surface area contributed by atoms with E-state index in [1.165, 1.54) is 5.56 Å². The van der Waals surface area contributed by atoms with Crippen LogP contribution in [0.3, 0.4) is 0 Å². The van der Waals surface area contributed by atoms with Crippen molar-refractivity contribution in [1.82, 2.24) is 5.32 Å². The minimum Gasteiger partial charge on any atom is -0.490 e. The first-order valence-corrected chi connectivity index (χ1v) is 7.42. The molecule has 0 bridgehead atoms. The van der Waals surface area contributed by atoms with E-state index >= 15 is 0 Å². The summed E-state index contributed by atoms with van der Waals surface area (Å²) in [7, 11) is 0. The van der Waals surface area contributed by atoms with Crippen molar-refractivity contribution < 1.29 is 9.84 Å². The summed E-state index contributed by atoms with van der Waals surface area (Å²) < 4.78 is 5.60. The van der Waals surface area contributed by atoms with Gasteiger partial charge in [0, 0.05) is 18.1 Å². The van der Waals surface area contributed by atoms with Gasteiger partial charge in [-0.2, -0.15) is 0 Å². The van der Waals surface area contributed by atoms with Gasteiger partial charge in [-0.3, -0.25) is 0 Å². The van der Waals surface area contributed by atoms with Gasteiger partial charge in [0.15, 0.2) is 0 Å². The summed E-state index contributed by atoms with van der Waals surface area (Å²) in [5, 5.41) is 16.3. The SMILES string of the molecule is CCC(Cc1ccc2c(c1)NCCO2)NC(C)(C)CO. The van der Waals surface area contributed by atoms with E-state index in [4.69, 9.17) is 4.74 Å². The summed E-state index contributed by atoms with van der Waals surface area (Å²) in [6.07, 6.45) is 1.99. The van der Waals surface area contributed by atoms with Crippen molar-refractivity contribution >= 4 is 5.69 Å². The fourth-order valence-electron chi connectivity index (χ4n) is 2.49. The minimum atomic E-state index is -0.240. The molecule has 2 rings (SSSR count). The Bertz CT molecular complexity index is 446. The van der Waals surface area contributed by atoms with Gasteiger partial charge in [-0.15, -0.1) is 0 Å². The number of aliphatic hydroxyl groups is 1. The fourth-order valence-corrected chi connectivity index (χ4v) is 2.49. The number of fused-ring (bicyclic) bond motifs is 1. The highest BCUT2D eigenvalue weighted by atomic mass is 16.5. The number of benzene rings is 1. The molecule has 3 N–H and O–H groups in total. The zero-order valence-electron chi connectivity index (χ0n) is 12.7. The Hall–Kier alpha value is -1.26. The van der Waals surface area contributed by atoms with E-state index < -0.39 is 0 Å². The van der Waals surface area contributed by atoms with Gasteiger partial charge < -0.3 is 20.5 Å². The smallest absolute Gasteiger partial charge is 0.142 e. The molecule has 1 unspecified atom stereocenters. The molecule has 0 aromatic heterocycles. The Morgan fingerprint density at radius 2 is 2.25 bits per heavy atom. The number of nitrogens with one attached hydrogen (secondary N) is 2. The van der Waals surface area contributed by atoms with Crippen LogP contribution in [0.25, 0.3) is 0 Å². The molecule has 20 heavy (non-hydrogen) atoms. The van der Waals surface area contributed by atoms with Crippen molar-refractivity contribution in [2.45, 2.75) is 45.2 Å². The molecule has 112 valence electrons. The molecule has 1 atom stereocenters. The maximum absolute atomic E-state index is 9.37. The number of hydrogen-bond donors (Lipinski definition) is 3. The number of anilines is 1. The zero-order chi connectivity index (χ0) is 14.6. The van der Waals surface area contributed by atoms with Crippen LogP contribution in [-0.4, -0.2) is 36.4 Å². The molecular formula is C16H26N2O2. The largest absolute Gasteiger partial charge is 0.490 e. The van der Waals surface area contributed by atoms with Gasteiger partial charge in [0.25, 0.3) is 0 Å². The van der Waals surface area contributed by atoms with E-state index in [9.17, 15) is 5.11 Å². The van der Waals surface area contributed by atoms with Crippen molar-refractivity contribution in [2.24, 2.45) is 0 Å². The minimum absolute atomic E-state index is 0.142. The third kappa shape index (κ3) is 3.87. The molecule has 0 aliphatic carbocycles. The quantitative estimate of drug-likeness (QED) is 0.746. The van der Waals surface area contributed by atoms with Gasteiger partial charge in [-0.25, -0.2) is 0 Å². The molecule has 1 aliphatic rings. The topological polar surface area (TPSA) is 53.5 Å². The lowest BCUT2D eigenvalue weighted by molar-refractivity contribution is 0.173. The average Bonchev–Trinajstić information content (AvgIpc) is 2.46. The number of aliphatic hydroxyl groups excluding tert-OH is 1. The third-order valence-corrected chi connectivity index (χ3v) is 3.68. The van der Waals surface area contributed by atoms with Crippen LogP contribution < -0.4 is 15.4 Å². The van der Waals surface area contributed by atoms with E-state index in [-0.39, 0.29) is 12.1 Å². The maximum atomic E-state index is 9.37. The van der Waals surface area contributed by atoms with Crippen molar-refractivity contribution in [3.05, 3.63) is 23.8 Å². The number of hydrogen-bond acceptors (Lipinski definition) is 4. The highest BCUT2D eigenvalue weighted by Crippen LogP contribution is 2.28. The first kappa shape index (κ1) is 15.1. The molecule has 0 amide bonds. The van der Waals surface area contributed by atoms with Crippen LogP contribution in [0.1, 0.15) is 32.8 Å². The van der Waals surface area contributed by atoms with Gasteiger partial charge in [-0.1, -0.05) is 13.0 Å². The first-order valence-electron chi connectivity index (χ1n) is 7.42. The van der Waals surface area contributed by atoms with Crippen LogP contribution in [-0.2, 0) is 6.42 Å². The lowest BCUT2D eigenvalue weighted by Crippen LogP contribution is -2.49. The highest BCUT2D eigenvalue weighted by Gasteiger charge is 2.21. The molecule has 0 radical (unpaired) electrons. The lowest BCUT2D eigenvalue weighted by atomic mass is 9.98. The molecule has 0 saturated heterocycles. The summed E-state index contributed by atoms with van der Waals surface area (Å²) in [6, 6.07) is 6.70. The van der Waals surface area contributed by atoms with Gasteiger partial charge in [0.2, 0.25) is 0 Å². The second-order valence-corrected chi connectivity index (χ2v) is 6.10. The molecule has 1 heterocycles. The van der Waals surface area contributed by atoms with Crippen molar-refractivity contribution in [3.8, 4) is 5.75 Å². The Morgan fingerprint density at radius 3 is 2.95 bits per heavy atom. The van der Waals surface area contributed by atoms with Crippen LogP contribution in [0.15, 0.2) is 18.2 Å². The Kier molecular flexibility index (Phi) is 4.89. The van der Waals surface area contributed by atoms with E-state index in [0.717, 1.165) is 37.4 Å². The Morgan fingerprint density at radius 1 is 1.45 bits per heavy atom. The van der Waals surface area contributed by atoms with E-state index in [2.05, 4.69) is 29.7 Å². The molecule has 0 spiro atoms. The zero-order valence-corrected chi connectivity index (χ0v) is 12.7. The van der Waals surface area contributed by atoms with Crippen LogP contribution in [0, 0.1) is 0 Å². The second kappa shape index (κ2) is 6.46. The second-order valence-electron chi connectivity index (χ2n) is 6.10. The normalized spacial score (nSPS) is 16.0. The number of ether oxygens (including phenoxy) is 1. The summed E-state index contributed by atoms with van der Waals surface area (Å²) in [5.41, 5.74) is 2.14. The van der Waals surface area contributed by atoms with Gasteiger partial charge in [0.05, 0.1) is 12.3 Å². The molecular weight excluding hydrogens is 252 g/mol. The Balaban J connectivity index is 2.04. The summed E-state index contributed by atoms with van der Waals surface area (Å²) in [5.74, 6) is 0.941. The molecule has 4 heteroatoms. The molecule has 1 aromatic carbocycles. The van der Waals surface area contributed by atoms with Crippen molar-refractivity contribution in [3.63, 3.8) is 0 Å². The summed E-state index contributed by atoms with van der Waals surface area (Å²) in [6.45, 7) is 7.96. The Labute approximate surface area is 121 Å². The van der Waals surface area contributed by atoms with E-state index in [1.54, 1.807) is 0 Å². The molecule has 0 fully saturated rings. The average molecular weight is 278 g/mol. The van der Waals surface area contributed by atoms with Crippen LogP contribution in [0.4, 0.5) is 5.69 Å². The van der Waals surface area contributed by atoms with Crippen molar-refractivity contribution in [2.75, 3.05) is 25.1 Å². The van der Waals surface area contributed by atoms with Crippen molar-refractivity contribution in [1.29, 1.82) is 0 Å². The lowest BCUT2D eigenvalue weighted by Gasteiger charge is -2.30. The van der Waals surface area contributed by atoms with Gasteiger partial charge in [-0.05, 0) is 44.4 Å². The van der Waals surface area contributed by atoms with Crippen LogP contribution >= 0.6 is 0 Å². The van der Waals surface area contributed by atoms with Gasteiger partial charge >= 0.3 is 0 Å². The summed E-state index contributed by atoms with van der Waals surface area (Å²) in [4.78, 5) is 0. The predicted molar refractivity (Wildman–Crippen MR) is 82.5 cm³/mol. The molecule has 1 aliphatic heterocycles. The van der Waals surface area contributed by atoms with E-state index in [0.29, 0.717) is 6.04 Å². The highest BCUT2D eigenvalue weighted by molar-refractivity contribution is 5.59. The third-order valence-electron chi connectivity index (χ3n) is 3.68. The fraction of sp³-hybridized carbons (Fsp3) is 0.625.